The molecule has 0 aliphatic rings. The van der Waals surface area contributed by atoms with Gasteiger partial charge >= 0.3 is 5.97 Å². The number of ether oxygens (including phenoxy) is 2. The summed E-state index contributed by atoms with van der Waals surface area (Å²) in [5.41, 5.74) is 1.35. The van der Waals surface area contributed by atoms with Crippen LogP contribution in [0.2, 0.25) is 0 Å². The van der Waals surface area contributed by atoms with Crippen LogP contribution in [0, 0.1) is 0 Å². The van der Waals surface area contributed by atoms with Crippen LogP contribution in [0.15, 0.2) is 46.5 Å². The molecule has 0 N–H and O–H groups in total. The van der Waals surface area contributed by atoms with E-state index in [9.17, 15) is 4.79 Å². The standard InChI is InChI=1S/C17H15NO3S2/c1-2-8-20-13-3-5-14(6-4-13)21-17(19)15-11-23-16(18-15)12-7-9-22-10-12/h3-7,9-11H,2,8H2,1H3. The largest absolute Gasteiger partial charge is 0.494 e. The smallest absolute Gasteiger partial charge is 0.363 e. The molecular formula is C17H15NO3S2. The number of esters is 1. The minimum Gasteiger partial charge on any atom is -0.494 e. The highest BCUT2D eigenvalue weighted by molar-refractivity contribution is 7.14. The molecule has 0 fully saturated rings. The fourth-order valence-electron chi connectivity index (χ4n) is 1.87. The third kappa shape index (κ3) is 3.97. The van der Waals surface area contributed by atoms with E-state index in [1.807, 2.05) is 23.8 Å². The highest BCUT2D eigenvalue weighted by Gasteiger charge is 2.14. The number of hydrogen-bond donors (Lipinski definition) is 0. The third-order valence-electron chi connectivity index (χ3n) is 2.99. The van der Waals surface area contributed by atoms with E-state index in [4.69, 9.17) is 9.47 Å². The molecule has 3 rings (SSSR count). The van der Waals surface area contributed by atoms with E-state index in [0.717, 1.165) is 22.7 Å². The second-order valence-corrected chi connectivity index (χ2v) is 6.40. The first-order valence-corrected chi connectivity index (χ1v) is 9.01. The number of carbonyl (C=O) groups excluding carboxylic acids is 1. The fourth-order valence-corrected chi connectivity index (χ4v) is 3.37. The van der Waals surface area contributed by atoms with Gasteiger partial charge in [-0.25, -0.2) is 9.78 Å². The van der Waals surface area contributed by atoms with Gasteiger partial charge in [0, 0.05) is 16.3 Å². The van der Waals surface area contributed by atoms with Crippen LogP contribution in [-0.2, 0) is 0 Å². The average Bonchev–Trinajstić information content (AvgIpc) is 3.25. The van der Waals surface area contributed by atoms with E-state index in [1.54, 1.807) is 41.0 Å². The van der Waals surface area contributed by atoms with Crippen LogP contribution in [0.3, 0.4) is 0 Å². The number of rotatable bonds is 6. The second-order valence-electron chi connectivity index (χ2n) is 4.76. The van der Waals surface area contributed by atoms with Gasteiger partial charge in [0.25, 0.3) is 0 Å². The predicted octanol–water partition coefficient (Wildman–Crippen LogP) is 4.88. The molecule has 6 heteroatoms. The number of thiophene rings is 1. The van der Waals surface area contributed by atoms with Gasteiger partial charge in [-0.3, -0.25) is 0 Å². The van der Waals surface area contributed by atoms with Crippen molar-refractivity contribution in [3.63, 3.8) is 0 Å². The van der Waals surface area contributed by atoms with E-state index in [1.165, 1.54) is 11.3 Å². The fraction of sp³-hybridized carbons (Fsp3) is 0.176. The maximum absolute atomic E-state index is 12.1. The van der Waals surface area contributed by atoms with Crippen LogP contribution in [0.1, 0.15) is 23.8 Å². The average molecular weight is 345 g/mol. The lowest BCUT2D eigenvalue weighted by molar-refractivity contribution is 0.0729. The van der Waals surface area contributed by atoms with Gasteiger partial charge in [-0.15, -0.1) is 11.3 Å². The zero-order chi connectivity index (χ0) is 16.1. The van der Waals surface area contributed by atoms with Crippen LogP contribution in [0.25, 0.3) is 10.6 Å². The highest BCUT2D eigenvalue weighted by Crippen LogP contribution is 2.26. The molecule has 0 amide bonds. The summed E-state index contributed by atoms with van der Waals surface area (Å²) in [6, 6.07) is 8.99. The molecule has 1 aromatic carbocycles. The lowest BCUT2D eigenvalue weighted by Gasteiger charge is -2.06. The maximum atomic E-state index is 12.1. The number of aromatic nitrogens is 1. The molecule has 0 saturated carbocycles. The Balaban J connectivity index is 1.65. The Labute approximate surface area is 142 Å². The molecule has 0 saturated heterocycles. The van der Waals surface area contributed by atoms with Gasteiger partial charge < -0.3 is 9.47 Å². The Morgan fingerprint density at radius 1 is 1.13 bits per heavy atom. The topological polar surface area (TPSA) is 48.4 Å². The zero-order valence-corrected chi connectivity index (χ0v) is 14.2. The Bertz CT molecular complexity index is 764. The first kappa shape index (κ1) is 15.7. The normalized spacial score (nSPS) is 10.5. The Morgan fingerprint density at radius 2 is 1.91 bits per heavy atom. The summed E-state index contributed by atoms with van der Waals surface area (Å²) in [7, 11) is 0. The summed E-state index contributed by atoms with van der Waals surface area (Å²) in [6.07, 6.45) is 0.951. The van der Waals surface area contributed by atoms with E-state index in [2.05, 4.69) is 4.98 Å². The summed E-state index contributed by atoms with van der Waals surface area (Å²) in [5, 5.41) is 6.52. The van der Waals surface area contributed by atoms with Crippen LogP contribution >= 0.6 is 22.7 Å². The highest BCUT2D eigenvalue weighted by atomic mass is 32.1. The van der Waals surface area contributed by atoms with Crippen LogP contribution < -0.4 is 9.47 Å². The molecule has 0 unspecified atom stereocenters. The molecule has 0 bridgehead atoms. The number of nitrogens with zero attached hydrogens (tertiary/aromatic N) is 1. The summed E-state index contributed by atoms with van der Waals surface area (Å²) >= 11 is 3.03. The number of thiazole rings is 1. The number of carbonyl (C=O) groups is 1. The van der Waals surface area contributed by atoms with Crippen molar-refractivity contribution in [3.05, 3.63) is 52.2 Å². The minimum absolute atomic E-state index is 0.322. The molecule has 23 heavy (non-hydrogen) atoms. The molecule has 3 aromatic rings. The summed E-state index contributed by atoms with van der Waals surface area (Å²) in [6.45, 7) is 2.72. The van der Waals surface area contributed by atoms with E-state index < -0.39 is 5.97 Å². The van der Waals surface area contributed by atoms with Crippen molar-refractivity contribution in [1.82, 2.24) is 4.98 Å². The summed E-state index contributed by atoms with van der Waals surface area (Å²) in [4.78, 5) is 16.5. The second kappa shape index (κ2) is 7.39. The van der Waals surface area contributed by atoms with Gasteiger partial charge in [0.15, 0.2) is 5.69 Å². The van der Waals surface area contributed by atoms with Crippen molar-refractivity contribution in [2.45, 2.75) is 13.3 Å². The molecule has 0 atom stereocenters. The molecule has 0 radical (unpaired) electrons. The monoisotopic (exact) mass is 345 g/mol. The summed E-state index contributed by atoms with van der Waals surface area (Å²) < 4.78 is 10.8. The first-order chi connectivity index (χ1) is 11.3. The molecule has 0 spiro atoms. The third-order valence-corrected chi connectivity index (χ3v) is 4.56. The first-order valence-electron chi connectivity index (χ1n) is 7.19. The Hall–Kier alpha value is -2.18. The van der Waals surface area contributed by atoms with E-state index in [0.29, 0.717) is 18.1 Å². The Morgan fingerprint density at radius 3 is 2.61 bits per heavy atom. The molecule has 2 aromatic heterocycles. The molecule has 0 aliphatic heterocycles. The molecular weight excluding hydrogens is 330 g/mol. The van der Waals surface area contributed by atoms with Gasteiger partial charge in [0.2, 0.25) is 0 Å². The predicted molar refractivity (Wildman–Crippen MR) is 92.6 cm³/mol. The van der Waals surface area contributed by atoms with Crippen molar-refractivity contribution in [3.8, 4) is 22.1 Å². The number of hydrogen-bond acceptors (Lipinski definition) is 6. The number of benzene rings is 1. The quantitative estimate of drug-likeness (QED) is 0.472. The van der Waals surface area contributed by atoms with Crippen molar-refractivity contribution in [1.29, 1.82) is 0 Å². The van der Waals surface area contributed by atoms with Crippen molar-refractivity contribution >= 4 is 28.6 Å². The van der Waals surface area contributed by atoms with Gasteiger partial charge in [-0.2, -0.15) is 11.3 Å². The SMILES string of the molecule is CCCOc1ccc(OC(=O)c2csc(-c3ccsc3)n2)cc1. The van der Waals surface area contributed by atoms with Gasteiger partial charge in [0.05, 0.1) is 6.61 Å². The minimum atomic E-state index is -0.454. The molecule has 118 valence electrons. The molecule has 4 nitrogen and oxygen atoms in total. The van der Waals surface area contributed by atoms with Crippen LogP contribution in [0.5, 0.6) is 11.5 Å². The molecule has 0 aliphatic carbocycles. The van der Waals surface area contributed by atoms with Crippen LogP contribution in [0.4, 0.5) is 0 Å². The van der Waals surface area contributed by atoms with Crippen molar-refractivity contribution < 1.29 is 14.3 Å². The van der Waals surface area contributed by atoms with Gasteiger partial charge in [0.1, 0.15) is 16.5 Å². The van der Waals surface area contributed by atoms with Crippen LogP contribution in [-0.4, -0.2) is 17.6 Å². The Kier molecular flexibility index (Phi) is 5.05. The summed E-state index contributed by atoms with van der Waals surface area (Å²) in [5.74, 6) is 0.786. The lowest BCUT2D eigenvalue weighted by atomic mass is 10.3. The zero-order valence-electron chi connectivity index (χ0n) is 12.5. The van der Waals surface area contributed by atoms with E-state index in [-0.39, 0.29) is 0 Å². The van der Waals surface area contributed by atoms with Crippen molar-refractivity contribution in [2.24, 2.45) is 0 Å². The van der Waals surface area contributed by atoms with Gasteiger partial charge in [-0.05, 0) is 42.1 Å². The van der Waals surface area contributed by atoms with Gasteiger partial charge in [-0.1, -0.05) is 6.92 Å². The maximum Gasteiger partial charge on any atom is 0.363 e. The van der Waals surface area contributed by atoms with E-state index >= 15 is 0 Å². The van der Waals surface area contributed by atoms with Crippen molar-refractivity contribution in [2.75, 3.05) is 6.61 Å². The molecule has 2 heterocycles. The lowest BCUT2D eigenvalue weighted by Crippen LogP contribution is -2.08.